The average Bonchev–Trinajstić information content (AvgIpc) is 2.94. The molecule has 3 amide bonds. The van der Waals surface area contributed by atoms with Crippen LogP contribution in [0.1, 0.15) is 28.8 Å². The molecule has 1 N–H and O–H groups in total. The predicted molar refractivity (Wildman–Crippen MR) is 101 cm³/mol. The van der Waals surface area contributed by atoms with E-state index in [1.165, 1.54) is 4.90 Å². The van der Waals surface area contributed by atoms with E-state index in [0.717, 1.165) is 32.8 Å². The summed E-state index contributed by atoms with van der Waals surface area (Å²) < 4.78 is 11.3. The van der Waals surface area contributed by atoms with Crippen LogP contribution in [0.2, 0.25) is 0 Å². The van der Waals surface area contributed by atoms with Gasteiger partial charge in [0.05, 0.1) is 24.3 Å². The van der Waals surface area contributed by atoms with E-state index in [-0.39, 0.29) is 24.7 Å². The number of amides is 3. The van der Waals surface area contributed by atoms with Crippen LogP contribution >= 0.6 is 0 Å². The van der Waals surface area contributed by atoms with Gasteiger partial charge >= 0.3 is 0 Å². The largest absolute Gasteiger partial charge is 0.492 e. The van der Waals surface area contributed by atoms with Crippen molar-refractivity contribution >= 4 is 23.4 Å². The molecule has 3 aliphatic heterocycles. The Morgan fingerprint density at radius 3 is 2.75 bits per heavy atom. The molecular formula is C20H23N3O5. The first-order chi connectivity index (χ1) is 13.6. The number of carbonyl (C=O) groups is 3. The van der Waals surface area contributed by atoms with Crippen molar-refractivity contribution in [3.05, 3.63) is 35.9 Å². The van der Waals surface area contributed by atoms with E-state index in [9.17, 15) is 14.4 Å². The number of hydrogen-bond donors (Lipinski definition) is 1. The summed E-state index contributed by atoms with van der Waals surface area (Å²) in [4.78, 5) is 40.3. The standard InChI is InChI=1S/C20H23N3O5/c1-13-18-14(20(26)23(13)15-5-6-17(24)21-19(15)25)3-2-4-16(18)28-12-9-22-7-10-27-11-8-22/h2-4,15H,1,5-12H2,(H,21,24,25). The van der Waals surface area contributed by atoms with Crippen molar-refractivity contribution in [1.82, 2.24) is 15.1 Å². The van der Waals surface area contributed by atoms with Crippen LogP contribution in [0.4, 0.5) is 0 Å². The Morgan fingerprint density at radius 1 is 1.21 bits per heavy atom. The molecule has 1 aromatic carbocycles. The Hall–Kier alpha value is -2.71. The van der Waals surface area contributed by atoms with Gasteiger partial charge in [-0.1, -0.05) is 12.6 Å². The Balaban J connectivity index is 1.49. The van der Waals surface area contributed by atoms with Gasteiger partial charge in [-0.3, -0.25) is 29.5 Å². The van der Waals surface area contributed by atoms with E-state index >= 15 is 0 Å². The number of carbonyl (C=O) groups excluding carboxylic acids is 3. The number of piperidine rings is 1. The number of morpholine rings is 1. The van der Waals surface area contributed by atoms with E-state index in [1.807, 2.05) is 6.07 Å². The predicted octanol–water partition coefficient (Wildman–Crippen LogP) is 0.629. The van der Waals surface area contributed by atoms with Crippen LogP contribution in [0.15, 0.2) is 24.8 Å². The SMILES string of the molecule is C=C1c2c(OCCN3CCOCC3)cccc2C(=O)N1C1CCC(=O)NC1=O. The summed E-state index contributed by atoms with van der Waals surface area (Å²) in [5.74, 6) is -0.483. The Labute approximate surface area is 163 Å². The van der Waals surface area contributed by atoms with Gasteiger partial charge in [-0.15, -0.1) is 0 Å². The number of fused-ring (bicyclic) bond motifs is 1. The smallest absolute Gasteiger partial charge is 0.259 e. The molecule has 0 aromatic heterocycles. The number of imide groups is 1. The van der Waals surface area contributed by atoms with Gasteiger partial charge in [-0.25, -0.2) is 0 Å². The van der Waals surface area contributed by atoms with Crippen molar-refractivity contribution in [3.8, 4) is 5.75 Å². The minimum absolute atomic E-state index is 0.201. The molecule has 0 bridgehead atoms. The van der Waals surface area contributed by atoms with Crippen molar-refractivity contribution in [2.75, 3.05) is 39.5 Å². The fraction of sp³-hybridized carbons (Fsp3) is 0.450. The molecule has 0 aliphatic carbocycles. The molecule has 8 heteroatoms. The fourth-order valence-corrected chi connectivity index (χ4v) is 3.87. The van der Waals surface area contributed by atoms with Crippen LogP contribution < -0.4 is 10.1 Å². The molecule has 8 nitrogen and oxygen atoms in total. The number of nitrogens with zero attached hydrogens (tertiary/aromatic N) is 2. The minimum atomic E-state index is -0.730. The molecule has 1 atom stereocenters. The van der Waals surface area contributed by atoms with Gasteiger partial charge in [0.2, 0.25) is 11.8 Å². The van der Waals surface area contributed by atoms with E-state index < -0.39 is 11.9 Å². The maximum atomic E-state index is 12.9. The number of ether oxygens (including phenoxy) is 2. The van der Waals surface area contributed by atoms with E-state index in [1.54, 1.807) is 12.1 Å². The summed E-state index contributed by atoms with van der Waals surface area (Å²) in [6.07, 6.45) is 0.489. The molecule has 4 rings (SSSR count). The first-order valence-electron chi connectivity index (χ1n) is 9.48. The van der Waals surface area contributed by atoms with Gasteiger partial charge in [0.1, 0.15) is 18.4 Å². The summed E-state index contributed by atoms with van der Waals surface area (Å²) in [6.45, 7) is 8.52. The van der Waals surface area contributed by atoms with Gasteiger partial charge in [-0.05, 0) is 18.6 Å². The molecule has 0 saturated carbocycles. The second kappa shape index (κ2) is 7.73. The van der Waals surface area contributed by atoms with Gasteiger partial charge < -0.3 is 9.47 Å². The van der Waals surface area contributed by atoms with Crippen molar-refractivity contribution in [2.45, 2.75) is 18.9 Å². The lowest BCUT2D eigenvalue weighted by Gasteiger charge is -2.30. The molecular weight excluding hydrogens is 362 g/mol. The number of hydrogen-bond acceptors (Lipinski definition) is 6. The quantitative estimate of drug-likeness (QED) is 0.748. The van der Waals surface area contributed by atoms with Crippen LogP contribution in [-0.2, 0) is 14.3 Å². The summed E-state index contributed by atoms with van der Waals surface area (Å²) >= 11 is 0. The maximum Gasteiger partial charge on any atom is 0.259 e. The zero-order valence-electron chi connectivity index (χ0n) is 15.6. The zero-order valence-corrected chi connectivity index (χ0v) is 15.6. The topological polar surface area (TPSA) is 88.2 Å². The Bertz CT molecular complexity index is 831. The lowest BCUT2D eigenvalue weighted by Crippen LogP contribution is -2.52. The first kappa shape index (κ1) is 18.6. The van der Waals surface area contributed by atoms with E-state index in [0.29, 0.717) is 29.2 Å². The van der Waals surface area contributed by atoms with Crippen molar-refractivity contribution in [3.63, 3.8) is 0 Å². The van der Waals surface area contributed by atoms with Gasteiger partial charge in [0.15, 0.2) is 0 Å². The third kappa shape index (κ3) is 3.41. The number of rotatable bonds is 5. The highest BCUT2D eigenvalue weighted by molar-refractivity contribution is 6.13. The molecule has 0 spiro atoms. The molecule has 2 fully saturated rings. The average molecular weight is 385 g/mol. The monoisotopic (exact) mass is 385 g/mol. The Kier molecular flexibility index (Phi) is 5.15. The maximum absolute atomic E-state index is 12.9. The second-order valence-corrected chi connectivity index (χ2v) is 7.07. The van der Waals surface area contributed by atoms with E-state index in [4.69, 9.17) is 9.47 Å². The van der Waals surface area contributed by atoms with Crippen LogP contribution in [0, 0.1) is 0 Å². The summed E-state index contributed by atoms with van der Waals surface area (Å²) in [6, 6.07) is 4.56. The summed E-state index contributed by atoms with van der Waals surface area (Å²) in [7, 11) is 0. The van der Waals surface area contributed by atoms with Gasteiger partial charge in [0, 0.05) is 31.8 Å². The molecule has 3 heterocycles. The molecule has 1 aromatic rings. The molecule has 2 saturated heterocycles. The molecule has 148 valence electrons. The minimum Gasteiger partial charge on any atom is -0.492 e. The van der Waals surface area contributed by atoms with Crippen LogP contribution in [0.5, 0.6) is 5.75 Å². The van der Waals surface area contributed by atoms with Crippen molar-refractivity contribution < 1.29 is 23.9 Å². The normalized spacial score (nSPS) is 23.0. The number of benzene rings is 1. The van der Waals surface area contributed by atoms with Gasteiger partial charge in [-0.2, -0.15) is 0 Å². The zero-order chi connectivity index (χ0) is 19.7. The van der Waals surface area contributed by atoms with Crippen molar-refractivity contribution in [1.29, 1.82) is 0 Å². The second-order valence-electron chi connectivity index (χ2n) is 7.07. The highest BCUT2D eigenvalue weighted by Crippen LogP contribution is 2.40. The Morgan fingerprint density at radius 2 is 2.00 bits per heavy atom. The highest BCUT2D eigenvalue weighted by atomic mass is 16.5. The summed E-state index contributed by atoms with van der Waals surface area (Å²) in [5, 5.41) is 2.30. The van der Waals surface area contributed by atoms with Crippen LogP contribution in [0.3, 0.4) is 0 Å². The lowest BCUT2D eigenvalue weighted by atomic mass is 10.0. The van der Waals surface area contributed by atoms with Crippen LogP contribution in [0.25, 0.3) is 5.70 Å². The number of nitrogens with one attached hydrogen (secondary N) is 1. The first-order valence-corrected chi connectivity index (χ1v) is 9.48. The highest BCUT2D eigenvalue weighted by Gasteiger charge is 2.42. The third-order valence-corrected chi connectivity index (χ3v) is 5.35. The van der Waals surface area contributed by atoms with E-state index in [2.05, 4.69) is 16.8 Å². The summed E-state index contributed by atoms with van der Waals surface area (Å²) in [5.41, 5.74) is 1.54. The lowest BCUT2D eigenvalue weighted by molar-refractivity contribution is -0.136. The third-order valence-electron chi connectivity index (χ3n) is 5.35. The van der Waals surface area contributed by atoms with Crippen molar-refractivity contribution in [2.24, 2.45) is 0 Å². The fourth-order valence-electron chi connectivity index (χ4n) is 3.87. The van der Waals surface area contributed by atoms with Crippen LogP contribution in [-0.4, -0.2) is 73.0 Å². The molecule has 1 unspecified atom stereocenters. The molecule has 0 radical (unpaired) electrons. The van der Waals surface area contributed by atoms with Gasteiger partial charge in [0.25, 0.3) is 5.91 Å². The molecule has 3 aliphatic rings. The molecule has 28 heavy (non-hydrogen) atoms.